The van der Waals surface area contributed by atoms with Crippen molar-refractivity contribution in [3.05, 3.63) is 34.5 Å². The zero-order valence-corrected chi connectivity index (χ0v) is 12.3. The number of aliphatic hydroxyl groups excluding tert-OH is 2. The van der Waals surface area contributed by atoms with E-state index in [9.17, 15) is 0 Å². The summed E-state index contributed by atoms with van der Waals surface area (Å²) in [5.41, 5.74) is 0. The third-order valence-electron chi connectivity index (χ3n) is 0.494. The molecular formula is C10H16O6Sn. The molecule has 0 rings (SSSR count). The predicted octanol–water partition coefficient (Wildman–Crippen LogP) is -2.76. The van der Waals surface area contributed by atoms with Gasteiger partial charge in [0.25, 0.3) is 0 Å². The second kappa shape index (κ2) is 29.4. The Morgan fingerprint density at radius 1 is 1.00 bits per heavy atom. The second-order valence-corrected chi connectivity index (χ2v) is 4.92. The van der Waals surface area contributed by atoms with E-state index in [0.717, 1.165) is 0 Å². The van der Waals surface area contributed by atoms with Gasteiger partial charge in [-0.3, -0.25) is 0 Å². The van der Waals surface area contributed by atoms with E-state index < -0.39 is 25.2 Å². The van der Waals surface area contributed by atoms with Gasteiger partial charge in [-0.05, 0) is 0 Å². The zero-order valence-electron chi connectivity index (χ0n) is 9.42. The van der Waals surface area contributed by atoms with Crippen LogP contribution in [-0.2, 0) is 9.59 Å². The molecular weight excluding hydrogens is 335 g/mol. The van der Waals surface area contributed by atoms with Crippen molar-refractivity contribution in [3.63, 3.8) is 0 Å². The minimum atomic E-state index is -1.44. The van der Waals surface area contributed by atoms with Crippen LogP contribution < -0.4 is 10.2 Å². The monoisotopic (exact) mass is 352 g/mol. The van der Waals surface area contributed by atoms with E-state index in [0.29, 0.717) is 0 Å². The summed E-state index contributed by atoms with van der Waals surface area (Å²) in [7, 11) is 0. The Bertz CT molecular complexity index is 185. The van der Waals surface area contributed by atoms with Crippen LogP contribution in [0.1, 0.15) is 0 Å². The molecule has 0 fully saturated rings. The van der Waals surface area contributed by atoms with Gasteiger partial charge >= 0.3 is 42.5 Å². The molecule has 0 aliphatic carbocycles. The molecule has 0 amide bonds. The van der Waals surface area contributed by atoms with Gasteiger partial charge in [0, 0.05) is 0 Å². The van der Waals surface area contributed by atoms with Gasteiger partial charge in [-0.2, -0.15) is 0 Å². The zero-order chi connectivity index (χ0) is 14.7. The van der Waals surface area contributed by atoms with Crippen molar-refractivity contribution in [2.75, 3.05) is 13.2 Å². The molecule has 17 heavy (non-hydrogen) atoms. The largest absolute Gasteiger partial charge is 0.548 e. The van der Waals surface area contributed by atoms with Crippen molar-refractivity contribution >= 4 is 33.1 Å². The Balaban J connectivity index is -0.0000000693. The number of carboxylic acid groups (broad SMARTS) is 2. The predicted molar refractivity (Wildman–Crippen MR) is 61.6 cm³/mol. The molecule has 0 aliphatic heterocycles. The number of carbonyl (C=O) groups excluding carboxylic acids is 2. The van der Waals surface area contributed by atoms with E-state index in [1.165, 1.54) is 0 Å². The molecule has 0 bridgehead atoms. The summed E-state index contributed by atoms with van der Waals surface area (Å²) in [4.78, 5) is 18.0. The van der Waals surface area contributed by atoms with Crippen LogP contribution in [0.5, 0.6) is 0 Å². The summed E-state index contributed by atoms with van der Waals surface area (Å²) >= 11 is -0.254. The maximum atomic E-state index is 9.01. The first-order valence-electron chi connectivity index (χ1n) is 4.05. The topological polar surface area (TPSA) is 121 Å². The van der Waals surface area contributed by atoms with Crippen LogP contribution in [0.15, 0.2) is 34.5 Å². The van der Waals surface area contributed by atoms with Crippen molar-refractivity contribution in [2.24, 2.45) is 0 Å². The molecule has 7 heteroatoms. The maximum Gasteiger partial charge on any atom is 0.0826 e. The van der Waals surface area contributed by atoms with Gasteiger partial charge in [-0.25, -0.2) is 0 Å². The van der Waals surface area contributed by atoms with E-state index in [-0.39, 0.29) is 21.1 Å². The Morgan fingerprint density at radius 2 is 1.18 bits per heavy atom. The molecule has 0 aromatic rings. The van der Waals surface area contributed by atoms with Gasteiger partial charge in [-0.1, -0.05) is 0 Å². The fourth-order valence-electron chi connectivity index (χ4n) is 0.0833. The van der Waals surface area contributed by atoms with Crippen molar-refractivity contribution < 1.29 is 30.0 Å². The third kappa shape index (κ3) is 104. The van der Waals surface area contributed by atoms with E-state index in [1.807, 2.05) is 8.18 Å². The number of carbonyl (C=O) groups is 2. The minimum absolute atomic E-state index is 0.254. The maximum absolute atomic E-state index is 9.01. The molecule has 0 aromatic heterocycles. The van der Waals surface area contributed by atoms with Gasteiger partial charge in [0.2, 0.25) is 0 Å². The van der Waals surface area contributed by atoms with Gasteiger partial charge in [0.15, 0.2) is 0 Å². The smallest absolute Gasteiger partial charge is 0.0826 e. The summed E-state index contributed by atoms with van der Waals surface area (Å²) in [6, 6.07) is 0. The van der Waals surface area contributed by atoms with E-state index in [2.05, 4.69) is 26.3 Å². The number of rotatable bonds is 4. The van der Waals surface area contributed by atoms with Crippen LogP contribution in [0.4, 0.5) is 0 Å². The molecule has 0 radical (unpaired) electrons. The summed E-state index contributed by atoms with van der Waals surface area (Å²) in [6.45, 7) is 11.3. The third-order valence-corrected chi connectivity index (χ3v) is 1.84. The molecule has 0 heterocycles. The molecule has 0 aliphatic rings. The first-order valence-corrected chi connectivity index (χ1v) is 7.35. The summed E-state index contributed by atoms with van der Waals surface area (Å²) in [6.07, 6.45) is 0. The normalized spacial score (nSPS) is 6.00. The minimum Gasteiger partial charge on any atom is -0.548 e. The van der Waals surface area contributed by atoms with Crippen molar-refractivity contribution in [2.45, 2.75) is 0 Å². The number of carboxylic acids is 2. The Kier molecular flexibility index (Phi) is 43.0. The molecule has 0 saturated carbocycles. The van der Waals surface area contributed by atoms with Crippen molar-refractivity contribution in [3.8, 4) is 0 Å². The summed E-state index contributed by atoms with van der Waals surface area (Å²) < 4.78 is 3.96. The van der Waals surface area contributed by atoms with Crippen LogP contribution in [-0.4, -0.2) is 56.5 Å². The van der Waals surface area contributed by atoms with Crippen LogP contribution in [0.2, 0.25) is 0 Å². The first kappa shape index (κ1) is 24.9. The Labute approximate surface area is 111 Å². The van der Waals surface area contributed by atoms with E-state index >= 15 is 0 Å². The average molecular weight is 351 g/mol. The first-order chi connectivity index (χ1) is 7.95. The Morgan fingerprint density at radius 3 is 1.18 bits per heavy atom. The fourth-order valence-corrected chi connectivity index (χ4v) is 0.559. The van der Waals surface area contributed by atoms with Crippen molar-refractivity contribution in [1.82, 2.24) is 0 Å². The average Bonchev–Trinajstić information content (AvgIpc) is 2.34. The summed E-state index contributed by atoms with van der Waals surface area (Å²) in [5.74, 6) is -2.88. The van der Waals surface area contributed by atoms with Crippen LogP contribution in [0.3, 0.4) is 0 Å². The SMILES string of the molecule is C=C.C=[CH][Sn+2][CH]=C.O=C([O-])CO.O=C([O-])CO. The molecule has 0 atom stereocenters. The van der Waals surface area contributed by atoms with Crippen LogP contribution in [0.25, 0.3) is 0 Å². The van der Waals surface area contributed by atoms with Gasteiger partial charge in [0.05, 0.1) is 25.2 Å². The fraction of sp³-hybridized carbons (Fsp3) is 0.200. The second-order valence-electron chi connectivity index (χ2n) is 1.64. The van der Waals surface area contributed by atoms with Gasteiger partial charge in [0.1, 0.15) is 0 Å². The van der Waals surface area contributed by atoms with Gasteiger partial charge < -0.3 is 30.0 Å². The molecule has 2 N–H and O–H groups in total. The quantitative estimate of drug-likeness (QED) is 0.418. The van der Waals surface area contributed by atoms with Gasteiger partial charge in [-0.15, -0.1) is 13.2 Å². The van der Waals surface area contributed by atoms with Crippen LogP contribution in [0, 0.1) is 0 Å². The van der Waals surface area contributed by atoms with Crippen LogP contribution >= 0.6 is 0 Å². The Hall–Kier alpha value is -1.12. The molecule has 6 nitrogen and oxygen atoms in total. The number of aliphatic hydroxyl groups is 2. The molecule has 0 spiro atoms. The number of hydrogen-bond donors (Lipinski definition) is 2. The number of hydrogen-bond acceptors (Lipinski definition) is 6. The summed E-state index contributed by atoms with van der Waals surface area (Å²) in [5, 5.41) is 33.0. The van der Waals surface area contributed by atoms with Crippen molar-refractivity contribution in [1.29, 1.82) is 0 Å². The molecule has 0 aromatic carbocycles. The standard InChI is InChI=1S/2C2H4O3.C2H4.2C2H3.Sn/c2*3-1-2(4)5;3*1-2;/h2*3H,1H2,(H,4,5);1-2H2;2*1H,2H2;/q;;;;;+2/p-2. The molecule has 0 saturated heterocycles. The van der Waals surface area contributed by atoms with E-state index in [4.69, 9.17) is 30.0 Å². The molecule has 96 valence electrons. The molecule has 0 unspecified atom stereocenters. The number of aliphatic carboxylic acids is 2. The van der Waals surface area contributed by atoms with E-state index in [1.54, 1.807) is 0 Å².